The molecule has 2 fully saturated rings. The van der Waals surface area contributed by atoms with Crippen LogP contribution in [0, 0.1) is 28.1 Å². The highest BCUT2D eigenvalue weighted by atomic mass is 16.5. The van der Waals surface area contributed by atoms with E-state index in [0.717, 1.165) is 50.5 Å². The molecular weight excluding hydrogens is 370 g/mol. The van der Waals surface area contributed by atoms with Gasteiger partial charge in [-0.1, -0.05) is 20.3 Å². The lowest BCUT2D eigenvalue weighted by Crippen LogP contribution is -2.58. The zero-order chi connectivity index (χ0) is 21.2. The monoisotopic (exact) mass is 403 g/mol. The van der Waals surface area contributed by atoms with E-state index in [2.05, 4.69) is 13.8 Å². The highest BCUT2D eigenvalue weighted by molar-refractivity contribution is 5.99. The molecule has 1 N–H and O–H groups in total. The van der Waals surface area contributed by atoms with Gasteiger partial charge in [-0.2, -0.15) is 0 Å². The number of amides is 1. The lowest BCUT2D eigenvalue weighted by molar-refractivity contribution is -0.175. The smallest absolute Gasteiger partial charge is 0.325 e. The van der Waals surface area contributed by atoms with E-state index < -0.39 is 11.4 Å². The van der Waals surface area contributed by atoms with Crippen LogP contribution >= 0.6 is 0 Å². The van der Waals surface area contributed by atoms with Crippen LogP contribution in [0.4, 0.5) is 0 Å². The van der Waals surface area contributed by atoms with Crippen LogP contribution in [-0.2, 0) is 19.1 Å². The summed E-state index contributed by atoms with van der Waals surface area (Å²) < 4.78 is 4.77. The number of nitrogens with zero attached hydrogens (tertiary/aromatic N) is 1. The largest absolute Gasteiger partial charge is 0.481 e. The molecule has 1 heterocycles. The summed E-state index contributed by atoms with van der Waals surface area (Å²) in [6.07, 6.45) is 6.22. The van der Waals surface area contributed by atoms with Crippen molar-refractivity contribution < 1.29 is 24.2 Å². The molecule has 4 aliphatic rings. The molecule has 6 nitrogen and oxygen atoms in total. The van der Waals surface area contributed by atoms with E-state index in [4.69, 9.17) is 4.74 Å². The molecule has 0 radical (unpaired) electrons. The molecule has 6 heteroatoms. The maximum absolute atomic E-state index is 12.9. The number of fused-ring (bicyclic) bond motifs is 4. The van der Waals surface area contributed by atoms with E-state index in [9.17, 15) is 19.5 Å². The van der Waals surface area contributed by atoms with Gasteiger partial charge < -0.3 is 14.7 Å². The summed E-state index contributed by atoms with van der Waals surface area (Å²) in [6.45, 7) is 7.06. The van der Waals surface area contributed by atoms with Crippen LogP contribution in [0.25, 0.3) is 0 Å². The molecule has 1 aliphatic heterocycles. The number of hydrogen-bond donors (Lipinski definition) is 1. The molecule has 29 heavy (non-hydrogen) atoms. The minimum absolute atomic E-state index is 0.0000577. The van der Waals surface area contributed by atoms with E-state index in [1.807, 2.05) is 6.92 Å². The van der Waals surface area contributed by atoms with Crippen molar-refractivity contribution in [3.8, 4) is 0 Å². The number of carbonyl (C=O) groups excluding carboxylic acids is 2. The van der Waals surface area contributed by atoms with E-state index in [1.54, 1.807) is 4.90 Å². The van der Waals surface area contributed by atoms with E-state index in [1.165, 1.54) is 12.7 Å². The summed E-state index contributed by atoms with van der Waals surface area (Å²) in [5.41, 5.74) is 1.30. The van der Waals surface area contributed by atoms with Gasteiger partial charge in [0.1, 0.15) is 6.54 Å². The Bertz CT molecular complexity index is 803. The van der Waals surface area contributed by atoms with Crippen LogP contribution in [0.1, 0.15) is 65.7 Å². The van der Waals surface area contributed by atoms with Gasteiger partial charge in [0.25, 0.3) is 5.91 Å². The Labute approximate surface area is 172 Å². The Hall–Kier alpha value is -1.85. The summed E-state index contributed by atoms with van der Waals surface area (Å²) in [4.78, 5) is 38.5. The van der Waals surface area contributed by atoms with Gasteiger partial charge in [-0.3, -0.25) is 14.4 Å². The Morgan fingerprint density at radius 2 is 1.86 bits per heavy atom. The molecular formula is C23H33NO5. The standard InChI is InChI=1S/C23H33NO5/c1-21-11-8-17-22(2,9-5-10-23(17,3)20(27)28)16(21)7-6-14-15(21)12-24(19(14)26)13-18(25)29-4/h16-17H,5-13H2,1-4H3,(H,27,28)/t16-,17+,21-,22+,23-/m0/s1. The summed E-state index contributed by atoms with van der Waals surface area (Å²) >= 11 is 0. The summed E-state index contributed by atoms with van der Waals surface area (Å²) in [6, 6.07) is 0. The van der Waals surface area contributed by atoms with Crippen molar-refractivity contribution in [2.75, 3.05) is 20.2 Å². The van der Waals surface area contributed by atoms with Gasteiger partial charge in [0.15, 0.2) is 0 Å². The third-order valence-corrected chi connectivity index (χ3v) is 9.16. The highest BCUT2D eigenvalue weighted by Crippen LogP contribution is 2.68. The first kappa shape index (κ1) is 20.4. The fourth-order valence-electron chi connectivity index (χ4n) is 7.69. The van der Waals surface area contributed by atoms with Crippen molar-refractivity contribution in [1.29, 1.82) is 0 Å². The number of hydrogen-bond acceptors (Lipinski definition) is 4. The number of aliphatic carboxylic acids is 1. The molecule has 3 aliphatic carbocycles. The normalized spacial score (nSPS) is 41.5. The second-order valence-electron chi connectivity index (χ2n) is 10.4. The molecule has 160 valence electrons. The first-order valence-corrected chi connectivity index (χ1v) is 10.9. The van der Waals surface area contributed by atoms with E-state index in [0.29, 0.717) is 12.5 Å². The molecule has 1 amide bonds. The molecule has 0 bridgehead atoms. The van der Waals surface area contributed by atoms with Crippen LogP contribution in [0.3, 0.4) is 0 Å². The Morgan fingerprint density at radius 3 is 2.52 bits per heavy atom. The average Bonchev–Trinajstić information content (AvgIpc) is 2.98. The van der Waals surface area contributed by atoms with E-state index in [-0.39, 0.29) is 35.2 Å². The molecule has 0 unspecified atom stereocenters. The summed E-state index contributed by atoms with van der Waals surface area (Å²) in [7, 11) is 1.35. The molecule has 5 atom stereocenters. The van der Waals surface area contributed by atoms with Crippen LogP contribution in [0.5, 0.6) is 0 Å². The summed E-state index contributed by atoms with van der Waals surface area (Å²) in [5, 5.41) is 10.0. The number of carboxylic acid groups (broad SMARTS) is 1. The Morgan fingerprint density at radius 1 is 1.14 bits per heavy atom. The van der Waals surface area contributed by atoms with Crippen molar-refractivity contribution >= 4 is 17.8 Å². The molecule has 0 saturated heterocycles. The molecule has 4 rings (SSSR count). The molecule has 0 spiro atoms. The van der Waals surface area contributed by atoms with Crippen molar-refractivity contribution in [3.05, 3.63) is 11.1 Å². The second-order valence-corrected chi connectivity index (χ2v) is 10.4. The van der Waals surface area contributed by atoms with Crippen LogP contribution in [-0.4, -0.2) is 48.1 Å². The Balaban J connectivity index is 1.68. The number of esters is 1. The first-order chi connectivity index (χ1) is 13.6. The lowest BCUT2D eigenvalue weighted by atomic mass is 9.40. The Kier molecular flexibility index (Phi) is 4.63. The number of ether oxygens (including phenoxy) is 1. The number of carbonyl (C=O) groups is 3. The third kappa shape index (κ3) is 2.70. The van der Waals surface area contributed by atoms with Crippen molar-refractivity contribution in [3.63, 3.8) is 0 Å². The maximum atomic E-state index is 12.9. The van der Waals surface area contributed by atoms with Crippen LogP contribution < -0.4 is 0 Å². The fraction of sp³-hybridized carbons (Fsp3) is 0.783. The minimum atomic E-state index is -0.661. The topological polar surface area (TPSA) is 83.9 Å². The number of rotatable bonds is 3. The van der Waals surface area contributed by atoms with Gasteiger partial charge in [0.05, 0.1) is 12.5 Å². The van der Waals surface area contributed by atoms with E-state index >= 15 is 0 Å². The predicted octanol–water partition coefficient (Wildman–Crippen LogP) is 3.41. The molecule has 0 aromatic rings. The lowest BCUT2D eigenvalue weighted by Gasteiger charge is -2.63. The van der Waals surface area contributed by atoms with Crippen LogP contribution in [0.15, 0.2) is 11.1 Å². The fourth-order valence-corrected chi connectivity index (χ4v) is 7.69. The predicted molar refractivity (Wildman–Crippen MR) is 107 cm³/mol. The van der Waals surface area contributed by atoms with Gasteiger partial charge >= 0.3 is 11.9 Å². The quantitative estimate of drug-likeness (QED) is 0.730. The molecule has 2 saturated carbocycles. The maximum Gasteiger partial charge on any atom is 0.325 e. The zero-order valence-corrected chi connectivity index (χ0v) is 18.0. The zero-order valence-electron chi connectivity index (χ0n) is 18.0. The minimum Gasteiger partial charge on any atom is -0.481 e. The number of carboxylic acids is 1. The first-order valence-electron chi connectivity index (χ1n) is 10.9. The highest BCUT2D eigenvalue weighted by Gasteiger charge is 2.63. The summed E-state index contributed by atoms with van der Waals surface area (Å²) in [5.74, 6) is -0.522. The van der Waals surface area contributed by atoms with Crippen LogP contribution in [0.2, 0.25) is 0 Å². The van der Waals surface area contributed by atoms with Gasteiger partial charge in [-0.15, -0.1) is 0 Å². The number of methoxy groups -OCH3 is 1. The van der Waals surface area contributed by atoms with Gasteiger partial charge in [-0.25, -0.2) is 0 Å². The molecule has 0 aromatic carbocycles. The third-order valence-electron chi connectivity index (χ3n) is 9.16. The average molecular weight is 404 g/mol. The van der Waals surface area contributed by atoms with Crippen molar-refractivity contribution in [2.24, 2.45) is 28.1 Å². The van der Waals surface area contributed by atoms with Crippen molar-refractivity contribution in [2.45, 2.75) is 65.7 Å². The van der Waals surface area contributed by atoms with Gasteiger partial charge in [0, 0.05) is 12.1 Å². The molecule has 0 aromatic heterocycles. The van der Waals surface area contributed by atoms with Gasteiger partial charge in [0.2, 0.25) is 0 Å². The van der Waals surface area contributed by atoms with Gasteiger partial charge in [-0.05, 0) is 73.7 Å². The van der Waals surface area contributed by atoms with Crippen molar-refractivity contribution in [1.82, 2.24) is 4.90 Å². The SMILES string of the molecule is COC(=O)CN1CC2=C(CC[C@@H]3[C@@]4(C)CCC[C@](C)(C(=O)O)[C@@H]4CC[C@@]23C)C1=O. The second kappa shape index (κ2) is 6.58.